The Bertz CT molecular complexity index is 1290. The van der Waals surface area contributed by atoms with Crippen molar-refractivity contribution >= 4 is 34.1 Å². The topological polar surface area (TPSA) is 84.6 Å². The van der Waals surface area contributed by atoms with Gasteiger partial charge >= 0.3 is 18.5 Å². The zero-order valence-corrected chi connectivity index (χ0v) is 18.2. The standard InChI is InChI=1S/C20H9F10N3O3S/c21-14(18(22,23)24)15-17(19(25,26)27,20(28,29)30)32-16(37-15)31-11-7-6-10(8-12(11)33(35)36)13(34)9-4-2-1-3-5-9/h1-8H,(H,31,32). The Morgan fingerprint density at radius 1 is 0.919 bits per heavy atom. The van der Waals surface area contributed by atoms with Crippen LogP contribution in [-0.2, 0) is 0 Å². The molecule has 17 heteroatoms. The lowest BCUT2D eigenvalue weighted by Gasteiger charge is -2.31. The minimum Gasteiger partial charge on any atom is -0.329 e. The molecular weight excluding hydrogens is 552 g/mol. The number of hydrogen-bond donors (Lipinski definition) is 1. The first-order valence-corrected chi connectivity index (χ1v) is 10.3. The zero-order valence-electron chi connectivity index (χ0n) is 17.4. The van der Waals surface area contributed by atoms with Gasteiger partial charge in [-0.15, -0.1) is 0 Å². The first-order valence-electron chi connectivity index (χ1n) is 9.44. The van der Waals surface area contributed by atoms with E-state index in [9.17, 15) is 58.8 Å². The molecule has 0 saturated carbocycles. The van der Waals surface area contributed by atoms with Crippen LogP contribution in [0.3, 0.4) is 0 Å². The third kappa shape index (κ3) is 5.12. The molecule has 0 atom stereocenters. The smallest absolute Gasteiger partial charge is 0.329 e. The number of ketones is 1. The highest BCUT2D eigenvalue weighted by Gasteiger charge is 2.77. The lowest BCUT2D eigenvalue weighted by Crippen LogP contribution is -2.55. The number of nitrogens with one attached hydrogen (secondary N) is 1. The van der Waals surface area contributed by atoms with Crippen molar-refractivity contribution in [2.75, 3.05) is 5.32 Å². The molecule has 0 aromatic heterocycles. The summed E-state index contributed by atoms with van der Waals surface area (Å²) in [6.07, 6.45) is -19.4. The number of thioether (sulfide) groups is 1. The number of rotatable bonds is 4. The molecule has 0 aliphatic carbocycles. The second-order valence-corrected chi connectivity index (χ2v) is 8.17. The first-order chi connectivity index (χ1) is 16.9. The fraction of sp³-hybridized carbons (Fsp3) is 0.200. The number of aliphatic imine (C=N–C) groups is 1. The van der Waals surface area contributed by atoms with Crippen molar-refractivity contribution in [1.29, 1.82) is 0 Å². The Hall–Kier alpha value is -3.63. The predicted octanol–water partition coefficient (Wildman–Crippen LogP) is 6.95. The second kappa shape index (κ2) is 9.35. The number of nitro benzene ring substituents is 1. The second-order valence-electron chi connectivity index (χ2n) is 7.17. The number of alkyl halides is 9. The zero-order chi connectivity index (χ0) is 28.0. The fourth-order valence-electron chi connectivity index (χ4n) is 3.13. The fourth-order valence-corrected chi connectivity index (χ4v) is 4.30. The molecule has 198 valence electrons. The Labute approximate surface area is 203 Å². The van der Waals surface area contributed by atoms with Crippen LogP contribution >= 0.6 is 11.8 Å². The molecule has 0 fully saturated rings. The normalized spacial score (nSPS) is 17.3. The van der Waals surface area contributed by atoms with Crippen molar-refractivity contribution in [2.45, 2.75) is 24.1 Å². The molecule has 0 radical (unpaired) electrons. The van der Waals surface area contributed by atoms with E-state index in [1.54, 1.807) is 11.4 Å². The SMILES string of the molecule is O=C(c1ccccc1)c1ccc(NC2=NC(C(F)(F)F)(C(F)(F)F)C(=C(F)C(F)(F)F)S2)c([N+](=O)[O-])c1. The van der Waals surface area contributed by atoms with E-state index < -0.39 is 73.8 Å². The molecule has 0 bridgehead atoms. The number of benzene rings is 2. The number of amidine groups is 1. The Kier molecular flexibility index (Phi) is 7.06. The average molecular weight is 561 g/mol. The van der Waals surface area contributed by atoms with Gasteiger partial charge in [-0.1, -0.05) is 42.1 Å². The van der Waals surface area contributed by atoms with Gasteiger partial charge in [0.15, 0.2) is 11.0 Å². The predicted molar refractivity (Wildman–Crippen MR) is 111 cm³/mol. The van der Waals surface area contributed by atoms with Gasteiger partial charge in [-0.2, -0.15) is 39.5 Å². The van der Waals surface area contributed by atoms with E-state index in [-0.39, 0.29) is 11.1 Å². The maximum absolute atomic E-state index is 13.9. The van der Waals surface area contributed by atoms with E-state index in [0.717, 1.165) is 12.1 Å². The van der Waals surface area contributed by atoms with E-state index in [4.69, 9.17) is 0 Å². The van der Waals surface area contributed by atoms with Crippen LogP contribution in [0.15, 0.2) is 64.3 Å². The van der Waals surface area contributed by atoms with Gasteiger partial charge in [-0.05, 0) is 12.1 Å². The number of halogens is 10. The van der Waals surface area contributed by atoms with Crippen molar-refractivity contribution in [3.8, 4) is 0 Å². The summed E-state index contributed by atoms with van der Waals surface area (Å²) < 4.78 is 134. The van der Waals surface area contributed by atoms with Crippen molar-refractivity contribution in [3.63, 3.8) is 0 Å². The molecule has 2 aromatic carbocycles. The maximum Gasteiger partial charge on any atom is 0.443 e. The monoisotopic (exact) mass is 561 g/mol. The van der Waals surface area contributed by atoms with Crippen LogP contribution in [0.1, 0.15) is 15.9 Å². The van der Waals surface area contributed by atoms with E-state index >= 15 is 0 Å². The van der Waals surface area contributed by atoms with Crippen molar-refractivity contribution < 1.29 is 53.6 Å². The average Bonchev–Trinajstić information content (AvgIpc) is 3.19. The number of allylic oxidation sites excluding steroid dienone is 1. The Balaban J connectivity index is 2.12. The van der Waals surface area contributed by atoms with Crippen LogP contribution in [0.2, 0.25) is 0 Å². The van der Waals surface area contributed by atoms with Gasteiger partial charge in [0.1, 0.15) is 5.69 Å². The highest BCUT2D eigenvalue weighted by molar-refractivity contribution is 8.17. The summed E-state index contributed by atoms with van der Waals surface area (Å²) in [6, 6.07) is 9.55. The van der Waals surface area contributed by atoms with Crippen molar-refractivity contribution in [1.82, 2.24) is 0 Å². The van der Waals surface area contributed by atoms with E-state index in [1.807, 2.05) is 0 Å². The Morgan fingerprint density at radius 2 is 1.49 bits per heavy atom. The van der Waals surface area contributed by atoms with Crippen LogP contribution < -0.4 is 5.32 Å². The van der Waals surface area contributed by atoms with Gasteiger partial charge in [0.2, 0.25) is 5.83 Å². The van der Waals surface area contributed by atoms with Crippen LogP contribution in [0.25, 0.3) is 0 Å². The number of anilines is 1. The quantitative estimate of drug-likeness (QED) is 0.189. The lowest BCUT2D eigenvalue weighted by atomic mass is 9.97. The molecule has 1 N–H and O–H groups in total. The molecular formula is C20H9F10N3O3S. The summed E-state index contributed by atoms with van der Waals surface area (Å²) in [5.41, 5.74) is -7.71. The number of nitrogens with zero attached hydrogens (tertiary/aromatic N) is 2. The number of carbonyl (C=O) groups excluding carboxylic acids is 1. The van der Waals surface area contributed by atoms with Crippen LogP contribution in [-0.4, -0.2) is 39.9 Å². The van der Waals surface area contributed by atoms with E-state index in [1.165, 1.54) is 24.3 Å². The van der Waals surface area contributed by atoms with Crippen molar-refractivity contribution in [2.24, 2.45) is 4.99 Å². The molecule has 0 unspecified atom stereocenters. The molecule has 37 heavy (non-hydrogen) atoms. The molecule has 1 aliphatic heterocycles. The molecule has 0 saturated heterocycles. The van der Waals surface area contributed by atoms with Crippen molar-refractivity contribution in [3.05, 3.63) is 80.5 Å². The third-order valence-corrected chi connectivity index (χ3v) is 5.86. The molecule has 0 amide bonds. The molecule has 2 aromatic rings. The molecule has 1 aliphatic rings. The third-order valence-electron chi connectivity index (χ3n) is 4.80. The van der Waals surface area contributed by atoms with E-state index in [0.29, 0.717) is 6.07 Å². The number of nitro groups is 1. The Morgan fingerprint density at radius 3 is 1.97 bits per heavy atom. The largest absolute Gasteiger partial charge is 0.443 e. The summed E-state index contributed by atoms with van der Waals surface area (Å²) in [5, 5.41) is 11.6. The van der Waals surface area contributed by atoms with Crippen LogP contribution in [0, 0.1) is 10.1 Å². The van der Waals surface area contributed by atoms with E-state index in [2.05, 4.69) is 4.99 Å². The highest BCUT2D eigenvalue weighted by atomic mass is 32.2. The van der Waals surface area contributed by atoms with Gasteiger partial charge < -0.3 is 5.32 Å². The van der Waals surface area contributed by atoms with Gasteiger partial charge in [0, 0.05) is 17.2 Å². The summed E-state index contributed by atoms with van der Waals surface area (Å²) >= 11 is -0.977. The summed E-state index contributed by atoms with van der Waals surface area (Å²) in [5.74, 6) is -4.42. The minimum absolute atomic E-state index is 0.0887. The summed E-state index contributed by atoms with van der Waals surface area (Å²) in [7, 11) is 0. The molecule has 6 nitrogen and oxygen atoms in total. The number of hydrogen-bond acceptors (Lipinski definition) is 6. The molecule has 3 rings (SSSR count). The van der Waals surface area contributed by atoms with Crippen LogP contribution in [0.4, 0.5) is 55.3 Å². The minimum atomic E-state index is -6.59. The number of carbonyl (C=O) groups is 1. The first kappa shape index (κ1) is 27.9. The maximum atomic E-state index is 13.9. The van der Waals surface area contributed by atoms with Gasteiger partial charge in [0.05, 0.1) is 9.83 Å². The van der Waals surface area contributed by atoms with Gasteiger partial charge in [-0.3, -0.25) is 14.9 Å². The highest BCUT2D eigenvalue weighted by Crippen LogP contribution is 2.59. The van der Waals surface area contributed by atoms with Gasteiger partial charge in [-0.25, -0.2) is 9.38 Å². The summed E-state index contributed by atoms with van der Waals surface area (Å²) in [4.78, 5) is 22.3. The molecule has 0 spiro atoms. The summed E-state index contributed by atoms with van der Waals surface area (Å²) in [6.45, 7) is 0. The molecule has 1 heterocycles. The van der Waals surface area contributed by atoms with Gasteiger partial charge in [0.25, 0.3) is 11.2 Å². The lowest BCUT2D eigenvalue weighted by molar-refractivity contribution is -0.383. The van der Waals surface area contributed by atoms with Crippen LogP contribution in [0.5, 0.6) is 0 Å².